The first kappa shape index (κ1) is 9.22. The highest BCUT2D eigenvalue weighted by Crippen LogP contribution is 2.08. The predicted octanol–water partition coefficient (Wildman–Crippen LogP) is 3.33. The van der Waals surface area contributed by atoms with Gasteiger partial charge < -0.3 is 0 Å². The van der Waals surface area contributed by atoms with E-state index >= 15 is 0 Å². The maximum atomic E-state index is 3.90. The van der Waals surface area contributed by atoms with Crippen molar-refractivity contribution in [1.82, 2.24) is 0 Å². The molecule has 10 heavy (non-hydrogen) atoms. The first-order valence-corrected chi connectivity index (χ1v) is 3.63. The Balaban J connectivity index is 3.64. The molecule has 56 valence electrons. The van der Waals surface area contributed by atoms with Gasteiger partial charge in [-0.2, -0.15) is 0 Å². The molecule has 0 spiro atoms. The SMILES string of the molecule is C=CC=CC(=C)CC(C)C. The smallest absolute Gasteiger partial charge is 0.0262 e. The lowest BCUT2D eigenvalue weighted by atomic mass is 10.0. The highest BCUT2D eigenvalue weighted by Gasteiger charge is 1.92. The lowest BCUT2D eigenvalue weighted by Gasteiger charge is -2.01. The number of allylic oxidation sites excluding steroid dienone is 4. The lowest BCUT2D eigenvalue weighted by molar-refractivity contribution is 0.651. The lowest BCUT2D eigenvalue weighted by Crippen LogP contribution is -1.86. The fourth-order valence-electron chi connectivity index (χ4n) is 0.797. The fourth-order valence-corrected chi connectivity index (χ4v) is 0.797. The van der Waals surface area contributed by atoms with Crippen molar-refractivity contribution in [2.45, 2.75) is 20.3 Å². The van der Waals surface area contributed by atoms with Crippen molar-refractivity contribution in [2.24, 2.45) is 5.92 Å². The van der Waals surface area contributed by atoms with Crippen molar-refractivity contribution in [3.8, 4) is 0 Å². The van der Waals surface area contributed by atoms with Gasteiger partial charge in [-0.15, -0.1) is 0 Å². The highest BCUT2D eigenvalue weighted by molar-refractivity contribution is 5.18. The molecule has 0 aromatic carbocycles. The normalized spacial score (nSPS) is 10.7. The van der Waals surface area contributed by atoms with Gasteiger partial charge in [-0.1, -0.05) is 50.8 Å². The Hall–Kier alpha value is -0.780. The zero-order valence-electron chi connectivity index (χ0n) is 6.93. The molecule has 0 rings (SSSR count). The van der Waals surface area contributed by atoms with Gasteiger partial charge in [0.2, 0.25) is 0 Å². The summed E-state index contributed by atoms with van der Waals surface area (Å²) >= 11 is 0. The standard InChI is InChI=1S/C10H16/c1-5-6-7-10(4)8-9(2)3/h5-7,9H,1,4,8H2,2-3H3. The summed E-state index contributed by atoms with van der Waals surface area (Å²) in [4.78, 5) is 0. The molecule has 0 radical (unpaired) electrons. The highest BCUT2D eigenvalue weighted by atomic mass is 14.0. The summed E-state index contributed by atoms with van der Waals surface area (Å²) < 4.78 is 0. The van der Waals surface area contributed by atoms with Crippen molar-refractivity contribution in [2.75, 3.05) is 0 Å². The van der Waals surface area contributed by atoms with E-state index in [0.717, 1.165) is 6.42 Å². The van der Waals surface area contributed by atoms with E-state index in [1.54, 1.807) is 6.08 Å². The molecule has 0 aromatic heterocycles. The minimum atomic E-state index is 0.696. The van der Waals surface area contributed by atoms with Gasteiger partial charge in [0.15, 0.2) is 0 Å². The van der Waals surface area contributed by atoms with Crippen molar-refractivity contribution in [3.05, 3.63) is 37.0 Å². The molecule has 0 bridgehead atoms. The van der Waals surface area contributed by atoms with Gasteiger partial charge in [-0.3, -0.25) is 0 Å². The largest absolute Gasteiger partial charge is 0.0991 e. The van der Waals surface area contributed by atoms with Gasteiger partial charge in [0, 0.05) is 0 Å². The molecule has 0 saturated carbocycles. The van der Waals surface area contributed by atoms with Crippen LogP contribution in [0.25, 0.3) is 0 Å². The third-order valence-electron chi connectivity index (χ3n) is 1.14. The molecule has 0 fully saturated rings. The summed E-state index contributed by atoms with van der Waals surface area (Å²) in [6.07, 6.45) is 6.77. The second-order valence-corrected chi connectivity index (χ2v) is 2.85. The van der Waals surface area contributed by atoms with Crippen LogP contribution in [0.4, 0.5) is 0 Å². The van der Waals surface area contributed by atoms with Crippen LogP contribution >= 0.6 is 0 Å². The van der Waals surface area contributed by atoms with Crippen molar-refractivity contribution in [1.29, 1.82) is 0 Å². The van der Waals surface area contributed by atoms with Gasteiger partial charge in [0.25, 0.3) is 0 Å². The molecule has 0 heterocycles. The Morgan fingerprint density at radius 3 is 2.50 bits per heavy atom. The molecular weight excluding hydrogens is 120 g/mol. The Morgan fingerprint density at radius 2 is 2.10 bits per heavy atom. The molecule has 0 heteroatoms. The summed E-state index contributed by atoms with van der Waals surface area (Å²) in [5.74, 6) is 0.696. The first-order chi connectivity index (χ1) is 4.66. The zero-order valence-corrected chi connectivity index (χ0v) is 6.93. The molecule has 0 aliphatic heterocycles. The quantitative estimate of drug-likeness (QED) is 0.520. The van der Waals surface area contributed by atoms with Crippen molar-refractivity contribution >= 4 is 0 Å². The van der Waals surface area contributed by atoms with Crippen molar-refractivity contribution in [3.63, 3.8) is 0 Å². The van der Waals surface area contributed by atoms with E-state index in [1.165, 1.54) is 5.57 Å². The Morgan fingerprint density at radius 1 is 1.50 bits per heavy atom. The minimum Gasteiger partial charge on any atom is -0.0991 e. The number of hydrogen-bond donors (Lipinski definition) is 0. The van der Waals surface area contributed by atoms with Gasteiger partial charge in [0.05, 0.1) is 0 Å². The van der Waals surface area contributed by atoms with E-state index in [9.17, 15) is 0 Å². The van der Waals surface area contributed by atoms with E-state index < -0.39 is 0 Å². The van der Waals surface area contributed by atoms with Crippen LogP contribution in [0.2, 0.25) is 0 Å². The number of rotatable bonds is 4. The van der Waals surface area contributed by atoms with Gasteiger partial charge >= 0.3 is 0 Å². The second-order valence-electron chi connectivity index (χ2n) is 2.85. The summed E-state index contributed by atoms with van der Waals surface area (Å²) in [6.45, 7) is 11.9. The van der Waals surface area contributed by atoms with E-state index in [4.69, 9.17) is 0 Å². The molecule has 0 N–H and O–H groups in total. The van der Waals surface area contributed by atoms with Gasteiger partial charge in [-0.05, 0) is 12.3 Å². The van der Waals surface area contributed by atoms with Gasteiger partial charge in [-0.25, -0.2) is 0 Å². The molecular formula is C10H16. The van der Waals surface area contributed by atoms with Crippen LogP contribution in [-0.2, 0) is 0 Å². The first-order valence-electron chi connectivity index (χ1n) is 3.63. The molecule has 0 aliphatic carbocycles. The molecule has 0 aromatic rings. The third kappa shape index (κ3) is 5.36. The molecule has 0 amide bonds. The molecule has 0 atom stereocenters. The molecule has 0 aliphatic rings. The van der Waals surface area contributed by atoms with Crippen LogP contribution in [0.5, 0.6) is 0 Å². The minimum absolute atomic E-state index is 0.696. The average molecular weight is 136 g/mol. The second kappa shape index (κ2) is 5.04. The zero-order chi connectivity index (χ0) is 7.98. The Labute approximate surface area is 64.0 Å². The molecule has 0 nitrogen and oxygen atoms in total. The molecule has 0 unspecified atom stereocenters. The van der Waals surface area contributed by atoms with Crippen LogP contribution in [-0.4, -0.2) is 0 Å². The van der Waals surface area contributed by atoms with Crippen LogP contribution in [0.1, 0.15) is 20.3 Å². The van der Waals surface area contributed by atoms with Gasteiger partial charge in [0.1, 0.15) is 0 Å². The maximum absolute atomic E-state index is 3.90. The maximum Gasteiger partial charge on any atom is -0.0262 e. The Bertz CT molecular complexity index is 138. The van der Waals surface area contributed by atoms with Crippen LogP contribution < -0.4 is 0 Å². The average Bonchev–Trinajstić information content (AvgIpc) is 1.82. The van der Waals surface area contributed by atoms with E-state index in [-0.39, 0.29) is 0 Å². The Kier molecular flexibility index (Phi) is 4.65. The summed E-state index contributed by atoms with van der Waals surface area (Å²) in [5.41, 5.74) is 1.18. The predicted molar refractivity (Wildman–Crippen MR) is 47.9 cm³/mol. The van der Waals surface area contributed by atoms with Crippen LogP contribution in [0.15, 0.2) is 37.0 Å². The van der Waals surface area contributed by atoms with E-state index in [2.05, 4.69) is 27.0 Å². The van der Waals surface area contributed by atoms with Crippen LogP contribution in [0.3, 0.4) is 0 Å². The molecule has 0 saturated heterocycles. The number of hydrogen-bond acceptors (Lipinski definition) is 0. The fraction of sp³-hybridized carbons (Fsp3) is 0.400. The van der Waals surface area contributed by atoms with Crippen LogP contribution in [0, 0.1) is 5.92 Å². The van der Waals surface area contributed by atoms with Crippen molar-refractivity contribution < 1.29 is 0 Å². The summed E-state index contributed by atoms with van der Waals surface area (Å²) in [6, 6.07) is 0. The summed E-state index contributed by atoms with van der Waals surface area (Å²) in [5, 5.41) is 0. The monoisotopic (exact) mass is 136 g/mol. The summed E-state index contributed by atoms with van der Waals surface area (Å²) in [7, 11) is 0. The third-order valence-corrected chi connectivity index (χ3v) is 1.14. The van der Waals surface area contributed by atoms with E-state index in [1.807, 2.05) is 12.2 Å². The van der Waals surface area contributed by atoms with E-state index in [0.29, 0.717) is 5.92 Å². The topological polar surface area (TPSA) is 0 Å².